The summed E-state index contributed by atoms with van der Waals surface area (Å²) in [4.78, 5) is 0. The van der Waals surface area contributed by atoms with Crippen molar-refractivity contribution in [2.24, 2.45) is 0 Å². The number of hydrogen-bond donors (Lipinski definition) is 2. The smallest absolute Gasteiger partial charge is 0.211 e. The van der Waals surface area contributed by atoms with E-state index in [-0.39, 0.29) is 23.0 Å². The van der Waals surface area contributed by atoms with Gasteiger partial charge >= 0.3 is 0 Å². The predicted octanol–water partition coefficient (Wildman–Crippen LogP) is 0.861. The minimum Gasteiger partial charge on any atom is -0.368 e. The molecule has 0 aliphatic carbocycles. The quantitative estimate of drug-likeness (QED) is 0.707. The first-order valence-electron chi connectivity index (χ1n) is 6.43. The van der Waals surface area contributed by atoms with Gasteiger partial charge in [-0.2, -0.15) is 0 Å². The van der Waals surface area contributed by atoms with Crippen LogP contribution in [0.15, 0.2) is 0 Å². The second-order valence-electron chi connectivity index (χ2n) is 6.05. The summed E-state index contributed by atoms with van der Waals surface area (Å²) in [5.41, 5.74) is -0.316. The molecule has 6 heteroatoms. The van der Waals surface area contributed by atoms with E-state index in [1.807, 2.05) is 0 Å². The lowest BCUT2D eigenvalue weighted by Crippen LogP contribution is -2.44. The molecule has 1 rings (SSSR count). The Morgan fingerprint density at radius 2 is 1.89 bits per heavy atom. The summed E-state index contributed by atoms with van der Waals surface area (Å²) in [7, 11) is -1.64. The van der Waals surface area contributed by atoms with Crippen LogP contribution >= 0.6 is 0 Å². The summed E-state index contributed by atoms with van der Waals surface area (Å²) in [5.74, 6) is 0.161. The Morgan fingerprint density at radius 1 is 1.28 bits per heavy atom. The highest BCUT2D eigenvalue weighted by molar-refractivity contribution is 7.89. The van der Waals surface area contributed by atoms with E-state index in [4.69, 9.17) is 4.74 Å². The molecule has 0 aromatic heterocycles. The standard InChI is InChI=1S/C12H26N2O3S/c1-11(2)9-10(12(3,4)17-11)14-7-6-8-18(15,16)13-5/h10,13-14H,6-9H2,1-5H3/t10-/m1/s1. The summed E-state index contributed by atoms with van der Waals surface area (Å²) in [6.45, 7) is 9.01. The van der Waals surface area contributed by atoms with Gasteiger partial charge in [-0.25, -0.2) is 13.1 Å². The molecule has 1 atom stereocenters. The molecule has 0 amide bonds. The molecule has 0 bridgehead atoms. The highest BCUT2D eigenvalue weighted by Gasteiger charge is 2.45. The normalized spacial score (nSPS) is 26.4. The summed E-state index contributed by atoms with van der Waals surface area (Å²) < 4.78 is 30.8. The first-order chi connectivity index (χ1) is 8.08. The minimum atomic E-state index is -3.09. The molecule has 1 aliphatic rings. The maximum Gasteiger partial charge on any atom is 0.211 e. The number of rotatable bonds is 6. The molecule has 0 unspecified atom stereocenters. The van der Waals surface area contributed by atoms with E-state index in [0.717, 1.165) is 6.42 Å². The summed E-state index contributed by atoms with van der Waals surface area (Å²) in [6.07, 6.45) is 1.55. The van der Waals surface area contributed by atoms with Crippen LogP contribution in [0.25, 0.3) is 0 Å². The van der Waals surface area contributed by atoms with Crippen LogP contribution in [-0.4, -0.2) is 45.0 Å². The summed E-state index contributed by atoms with van der Waals surface area (Å²) >= 11 is 0. The Hall–Kier alpha value is -0.170. The van der Waals surface area contributed by atoms with Crippen molar-refractivity contribution in [3.8, 4) is 0 Å². The third-order valence-corrected chi connectivity index (χ3v) is 4.81. The van der Waals surface area contributed by atoms with Crippen LogP contribution in [0.4, 0.5) is 0 Å². The van der Waals surface area contributed by atoms with Gasteiger partial charge in [-0.3, -0.25) is 0 Å². The Bertz CT molecular complexity index is 377. The van der Waals surface area contributed by atoms with Crippen LogP contribution in [0.1, 0.15) is 40.5 Å². The van der Waals surface area contributed by atoms with Crippen molar-refractivity contribution in [3.63, 3.8) is 0 Å². The Labute approximate surface area is 111 Å². The molecular formula is C12H26N2O3S. The third-order valence-electron chi connectivity index (χ3n) is 3.37. The van der Waals surface area contributed by atoms with Crippen molar-refractivity contribution in [2.45, 2.75) is 57.8 Å². The molecule has 0 spiro atoms. The zero-order chi connectivity index (χ0) is 14.0. The number of sulfonamides is 1. The zero-order valence-electron chi connectivity index (χ0n) is 12.0. The first-order valence-corrected chi connectivity index (χ1v) is 8.08. The lowest BCUT2D eigenvalue weighted by molar-refractivity contribution is -0.0697. The monoisotopic (exact) mass is 278 g/mol. The molecule has 1 heterocycles. The van der Waals surface area contributed by atoms with E-state index >= 15 is 0 Å². The van der Waals surface area contributed by atoms with Crippen molar-refractivity contribution in [3.05, 3.63) is 0 Å². The fourth-order valence-corrected chi connectivity index (χ4v) is 3.25. The Balaban J connectivity index is 2.37. The van der Waals surface area contributed by atoms with Gasteiger partial charge in [-0.05, 0) is 54.1 Å². The predicted molar refractivity (Wildman–Crippen MR) is 73.1 cm³/mol. The SMILES string of the molecule is CNS(=O)(=O)CCCN[C@@H]1CC(C)(C)OC1(C)C. The van der Waals surface area contributed by atoms with Gasteiger partial charge in [0.15, 0.2) is 0 Å². The molecule has 108 valence electrons. The van der Waals surface area contributed by atoms with Crippen LogP contribution in [0.5, 0.6) is 0 Å². The topological polar surface area (TPSA) is 67.4 Å². The highest BCUT2D eigenvalue weighted by atomic mass is 32.2. The van der Waals surface area contributed by atoms with Gasteiger partial charge in [0.2, 0.25) is 10.0 Å². The van der Waals surface area contributed by atoms with E-state index in [1.54, 1.807) is 0 Å². The first kappa shape index (κ1) is 15.9. The van der Waals surface area contributed by atoms with E-state index in [9.17, 15) is 8.42 Å². The van der Waals surface area contributed by atoms with Crippen LogP contribution in [0, 0.1) is 0 Å². The molecule has 18 heavy (non-hydrogen) atoms. The third kappa shape index (κ3) is 4.50. The van der Waals surface area contributed by atoms with Crippen LogP contribution in [0.3, 0.4) is 0 Å². The molecule has 1 aliphatic heterocycles. The van der Waals surface area contributed by atoms with Crippen LogP contribution in [0.2, 0.25) is 0 Å². The molecule has 0 aromatic carbocycles. The van der Waals surface area contributed by atoms with Crippen molar-refractivity contribution in [1.29, 1.82) is 0 Å². The van der Waals surface area contributed by atoms with Gasteiger partial charge in [0.1, 0.15) is 0 Å². The zero-order valence-corrected chi connectivity index (χ0v) is 12.9. The van der Waals surface area contributed by atoms with E-state index in [2.05, 4.69) is 37.7 Å². The molecule has 0 radical (unpaired) electrons. The Morgan fingerprint density at radius 3 is 2.33 bits per heavy atom. The van der Waals surface area contributed by atoms with E-state index in [1.165, 1.54) is 7.05 Å². The lowest BCUT2D eigenvalue weighted by atomic mass is 9.94. The maximum atomic E-state index is 11.3. The van der Waals surface area contributed by atoms with E-state index < -0.39 is 10.0 Å². The average Bonchev–Trinajstić information content (AvgIpc) is 2.41. The van der Waals surface area contributed by atoms with E-state index in [0.29, 0.717) is 13.0 Å². The van der Waals surface area contributed by atoms with Crippen LogP contribution < -0.4 is 10.0 Å². The van der Waals surface area contributed by atoms with Crippen molar-refractivity contribution < 1.29 is 13.2 Å². The van der Waals surface area contributed by atoms with Crippen molar-refractivity contribution >= 4 is 10.0 Å². The van der Waals surface area contributed by atoms with Crippen LogP contribution in [-0.2, 0) is 14.8 Å². The fraction of sp³-hybridized carbons (Fsp3) is 1.00. The minimum absolute atomic E-state index is 0.113. The van der Waals surface area contributed by atoms with Gasteiger partial charge < -0.3 is 10.1 Å². The molecule has 5 nitrogen and oxygen atoms in total. The molecule has 1 saturated heterocycles. The molecule has 1 fully saturated rings. The van der Waals surface area contributed by atoms with Gasteiger partial charge in [0, 0.05) is 6.04 Å². The van der Waals surface area contributed by atoms with Gasteiger partial charge in [-0.15, -0.1) is 0 Å². The molecule has 0 saturated carbocycles. The Kier molecular flexibility index (Phi) is 4.81. The largest absolute Gasteiger partial charge is 0.368 e. The molecule has 0 aromatic rings. The summed E-state index contributed by atoms with van der Waals surface area (Å²) in [6, 6.07) is 0.268. The number of nitrogens with one attached hydrogen (secondary N) is 2. The second kappa shape index (κ2) is 5.45. The van der Waals surface area contributed by atoms with Gasteiger partial charge in [0.05, 0.1) is 17.0 Å². The molecular weight excluding hydrogens is 252 g/mol. The number of ether oxygens (including phenoxy) is 1. The van der Waals surface area contributed by atoms with Gasteiger partial charge in [-0.1, -0.05) is 0 Å². The second-order valence-corrected chi connectivity index (χ2v) is 8.10. The molecule has 2 N–H and O–H groups in total. The highest BCUT2D eigenvalue weighted by Crippen LogP contribution is 2.37. The lowest BCUT2D eigenvalue weighted by Gasteiger charge is -2.27. The maximum absolute atomic E-state index is 11.3. The fourth-order valence-electron chi connectivity index (χ4n) is 2.52. The average molecular weight is 278 g/mol. The number of hydrogen-bond acceptors (Lipinski definition) is 4. The van der Waals surface area contributed by atoms with Crippen molar-refractivity contribution in [1.82, 2.24) is 10.0 Å². The van der Waals surface area contributed by atoms with Crippen molar-refractivity contribution in [2.75, 3.05) is 19.3 Å². The van der Waals surface area contributed by atoms with Gasteiger partial charge in [0.25, 0.3) is 0 Å². The summed E-state index contributed by atoms with van der Waals surface area (Å²) in [5, 5.41) is 3.41.